The first-order valence-corrected chi connectivity index (χ1v) is 30.3. The molecule has 8 atom stereocenters. The van der Waals surface area contributed by atoms with Crippen LogP contribution in [0, 0.1) is 0 Å². The van der Waals surface area contributed by atoms with Crippen LogP contribution in [0.2, 0.25) is 0 Å². The van der Waals surface area contributed by atoms with Gasteiger partial charge >= 0.3 is 6.09 Å². The molecule has 11 heteroatoms. The first-order chi connectivity index (χ1) is 34.9. The number of nitrogens with one attached hydrogen (secondary N) is 2. The Bertz CT molecular complexity index is 1400. The molecule has 0 bridgehead atoms. The maximum absolute atomic E-state index is 12.9. The van der Waals surface area contributed by atoms with E-state index in [1.165, 1.54) is 193 Å². The van der Waals surface area contributed by atoms with Gasteiger partial charge in [-0.15, -0.1) is 0 Å². The standard InChI is InChI=1S/C61H114N2O9/c1-6-8-10-12-14-16-18-20-21-22-23-24-25-26-27-28-29-30-31-33-35-37-39-43-47-62-52(55(65)53(64)46-40-38-36-34-32-19-17-15-13-11-9-7-2)48-70-59-58(68)57(67)56(66)54(72-59)49-71-60(69)63-51-45-42-41-44-50(51)61(3,4)5/h41-42,44-45,52-59,62,64-68H,6-40,43,46-49H2,1-5H3,(H,63,69)/t52-,53+,54+,55-,56-,57-,58+,59-/m0/s1. The summed E-state index contributed by atoms with van der Waals surface area (Å²) in [5, 5.41) is 61.3. The lowest BCUT2D eigenvalue weighted by molar-refractivity contribution is -0.302. The molecule has 0 aliphatic carbocycles. The molecule has 0 aromatic heterocycles. The number of hydrogen-bond donors (Lipinski definition) is 7. The van der Waals surface area contributed by atoms with Gasteiger partial charge < -0.3 is 45.1 Å². The maximum atomic E-state index is 12.9. The fraction of sp³-hybridized carbons (Fsp3) is 0.885. The number of aliphatic hydroxyl groups excluding tert-OH is 5. The molecule has 1 aromatic carbocycles. The highest BCUT2D eigenvalue weighted by atomic mass is 16.7. The van der Waals surface area contributed by atoms with Crippen LogP contribution in [-0.2, 0) is 19.6 Å². The van der Waals surface area contributed by atoms with Crippen molar-refractivity contribution in [3.63, 3.8) is 0 Å². The minimum Gasteiger partial charge on any atom is -0.446 e. The Kier molecular flexibility index (Phi) is 39.9. The Morgan fingerprint density at radius 1 is 0.569 bits per heavy atom. The van der Waals surface area contributed by atoms with Crippen LogP contribution in [0.25, 0.3) is 0 Å². The van der Waals surface area contributed by atoms with Crippen molar-refractivity contribution in [1.29, 1.82) is 0 Å². The zero-order valence-electron chi connectivity index (χ0n) is 47.1. The molecule has 1 aliphatic heterocycles. The number of ether oxygens (including phenoxy) is 3. The summed E-state index contributed by atoms with van der Waals surface area (Å²) < 4.78 is 17.4. The molecule has 0 unspecified atom stereocenters. The van der Waals surface area contributed by atoms with Crippen LogP contribution in [0.3, 0.4) is 0 Å². The van der Waals surface area contributed by atoms with Crippen molar-refractivity contribution >= 4 is 11.8 Å². The number of benzene rings is 1. The van der Waals surface area contributed by atoms with Crippen molar-refractivity contribution in [2.24, 2.45) is 0 Å². The summed E-state index contributed by atoms with van der Waals surface area (Å²) in [7, 11) is 0. The Balaban J connectivity index is 1.73. The van der Waals surface area contributed by atoms with Gasteiger partial charge in [-0.05, 0) is 36.4 Å². The molecule has 2 rings (SSSR count). The summed E-state index contributed by atoms with van der Waals surface area (Å²) in [6, 6.07) is 6.77. The summed E-state index contributed by atoms with van der Waals surface area (Å²) in [5.74, 6) is 0. The van der Waals surface area contributed by atoms with Gasteiger partial charge in [0.2, 0.25) is 0 Å². The van der Waals surface area contributed by atoms with E-state index in [0.29, 0.717) is 18.7 Å². The third kappa shape index (κ3) is 31.9. The summed E-state index contributed by atoms with van der Waals surface area (Å²) >= 11 is 0. The van der Waals surface area contributed by atoms with Gasteiger partial charge in [-0.1, -0.05) is 278 Å². The van der Waals surface area contributed by atoms with E-state index >= 15 is 0 Å². The molecule has 72 heavy (non-hydrogen) atoms. The van der Waals surface area contributed by atoms with Gasteiger partial charge in [-0.3, -0.25) is 5.32 Å². The number of carbonyl (C=O) groups is 1. The molecule has 1 aromatic rings. The van der Waals surface area contributed by atoms with Crippen LogP contribution < -0.4 is 10.6 Å². The van der Waals surface area contributed by atoms with E-state index in [4.69, 9.17) is 14.2 Å². The van der Waals surface area contributed by atoms with E-state index in [0.717, 1.165) is 44.1 Å². The number of rotatable bonds is 47. The Labute approximate surface area is 441 Å². The van der Waals surface area contributed by atoms with Crippen LogP contribution in [0.15, 0.2) is 24.3 Å². The summed E-state index contributed by atoms with van der Waals surface area (Å²) in [4.78, 5) is 12.9. The van der Waals surface area contributed by atoms with Gasteiger partial charge in [0.15, 0.2) is 6.29 Å². The van der Waals surface area contributed by atoms with Crippen LogP contribution in [0.5, 0.6) is 0 Å². The molecular weight excluding hydrogens is 905 g/mol. The second-order valence-electron chi connectivity index (χ2n) is 22.8. The van der Waals surface area contributed by atoms with Crippen LogP contribution in [-0.4, -0.2) is 100 Å². The average Bonchev–Trinajstić information content (AvgIpc) is 3.36. The third-order valence-corrected chi connectivity index (χ3v) is 15.1. The molecule has 422 valence electrons. The van der Waals surface area contributed by atoms with E-state index in [1.54, 1.807) is 6.07 Å². The lowest BCUT2D eigenvalue weighted by atomic mass is 9.86. The van der Waals surface area contributed by atoms with E-state index in [9.17, 15) is 30.3 Å². The zero-order valence-corrected chi connectivity index (χ0v) is 47.1. The van der Waals surface area contributed by atoms with E-state index in [1.807, 2.05) is 39.0 Å². The largest absolute Gasteiger partial charge is 0.446 e. The summed E-state index contributed by atoms with van der Waals surface area (Å²) in [6.45, 7) is 10.8. The number of carbonyl (C=O) groups excluding carboxylic acids is 1. The molecule has 0 spiro atoms. The van der Waals surface area contributed by atoms with Gasteiger partial charge in [0.1, 0.15) is 31.0 Å². The number of aliphatic hydroxyl groups is 5. The topological polar surface area (TPSA) is 170 Å². The maximum Gasteiger partial charge on any atom is 0.411 e. The number of anilines is 1. The van der Waals surface area contributed by atoms with Crippen LogP contribution in [0.4, 0.5) is 10.5 Å². The highest BCUT2D eigenvalue weighted by molar-refractivity contribution is 5.86. The van der Waals surface area contributed by atoms with E-state index < -0.39 is 61.7 Å². The summed E-state index contributed by atoms with van der Waals surface area (Å²) in [6.07, 6.45) is 37.0. The molecule has 11 nitrogen and oxygen atoms in total. The SMILES string of the molecule is CCCCCCCCCCCCCCCCCCCCCCCCCCN[C@@H](CO[C@H]1O[C@H](COC(=O)Nc2ccccc2C(C)(C)C)[C@H](O)[C@H](O)[C@H]1O)[C@H](O)[C@H](O)CCCCCCCCCCCCCC. The molecule has 0 saturated carbocycles. The predicted molar refractivity (Wildman–Crippen MR) is 299 cm³/mol. The lowest BCUT2D eigenvalue weighted by Gasteiger charge is -2.40. The Morgan fingerprint density at radius 3 is 1.40 bits per heavy atom. The predicted octanol–water partition coefficient (Wildman–Crippen LogP) is 14.5. The van der Waals surface area contributed by atoms with Crippen molar-refractivity contribution in [3.8, 4) is 0 Å². The molecule has 1 amide bonds. The first kappa shape index (κ1) is 66.3. The minimum atomic E-state index is -1.63. The average molecular weight is 1020 g/mol. The fourth-order valence-electron chi connectivity index (χ4n) is 10.2. The van der Waals surface area contributed by atoms with Crippen molar-refractivity contribution < 1.29 is 44.5 Å². The van der Waals surface area contributed by atoms with Gasteiger partial charge in [0, 0.05) is 5.69 Å². The van der Waals surface area contributed by atoms with Gasteiger partial charge in [0.05, 0.1) is 24.9 Å². The fourth-order valence-corrected chi connectivity index (χ4v) is 10.2. The first-order valence-electron chi connectivity index (χ1n) is 30.3. The van der Waals surface area contributed by atoms with Crippen LogP contribution in [0.1, 0.15) is 278 Å². The number of unbranched alkanes of at least 4 members (excludes halogenated alkanes) is 34. The molecule has 0 radical (unpaired) electrons. The second-order valence-corrected chi connectivity index (χ2v) is 22.8. The lowest BCUT2D eigenvalue weighted by Crippen LogP contribution is -2.60. The monoisotopic (exact) mass is 1020 g/mol. The number of amides is 1. The van der Waals surface area contributed by atoms with Crippen molar-refractivity contribution in [2.75, 3.05) is 25.1 Å². The van der Waals surface area contributed by atoms with E-state index in [2.05, 4.69) is 24.5 Å². The van der Waals surface area contributed by atoms with Crippen molar-refractivity contribution in [2.45, 2.75) is 327 Å². The highest BCUT2D eigenvalue weighted by Crippen LogP contribution is 2.30. The molecule has 1 aliphatic rings. The Hall–Kier alpha value is -1.83. The molecule has 1 saturated heterocycles. The molecule has 1 heterocycles. The number of hydrogen-bond acceptors (Lipinski definition) is 10. The highest BCUT2D eigenvalue weighted by Gasteiger charge is 2.45. The molecule has 1 fully saturated rings. The quantitative estimate of drug-likeness (QED) is 0.0312. The van der Waals surface area contributed by atoms with Gasteiger partial charge in [0.25, 0.3) is 0 Å². The summed E-state index contributed by atoms with van der Waals surface area (Å²) in [5.41, 5.74) is 1.29. The van der Waals surface area contributed by atoms with Gasteiger partial charge in [-0.25, -0.2) is 4.79 Å². The molecule has 7 N–H and O–H groups in total. The second kappa shape index (κ2) is 43.3. The molecular formula is C61H114N2O9. The van der Waals surface area contributed by atoms with Gasteiger partial charge in [-0.2, -0.15) is 0 Å². The number of para-hydroxylation sites is 1. The minimum absolute atomic E-state index is 0.127. The zero-order chi connectivity index (χ0) is 52.5. The van der Waals surface area contributed by atoms with Crippen molar-refractivity contribution in [3.05, 3.63) is 29.8 Å². The van der Waals surface area contributed by atoms with E-state index in [-0.39, 0.29) is 12.0 Å². The normalized spacial score (nSPS) is 19.6. The van der Waals surface area contributed by atoms with Crippen molar-refractivity contribution in [1.82, 2.24) is 5.32 Å². The Morgan fingerprint density at radius 2 is 0.972 bits per heavy atom. The van der Waals surface area contributed by atoms with Crippen LogP contribution >= 0.6 is 0 Å². The smallest absolute Gasteiger partial charge is 0.411 e. The third-order valence-electron chi connectivity index (χ3n) is 15.1.